The first-order chi connectivity index (χ1) is 9.11. The van der Waals surface area contributed by atoms with Crippen molar-refractivity contribution >= 4 is 5.91 Å². The molecule has 1 amide bonds. The van der Waals surface area contributed by atoms with Crippen molar-refractivity contribution in [2.45, 2.75) is 45.7 Å². The quantitative estimate of drug-likeness (QED) is 0.873. The molecule has 0 saturated carbocycles. The minimum absolute atomic E-state index is 0.111. The average molecular weight is 260 g/mol. The van der Waals surface area contributed by atoms with Gasteiger partial charge in [-0.1, -0.05) is 36.8 Å². The molecule has 0 aliphatic carbocycles. The Kier molecular flexibility index (Phi) is 4.59. The molecule has 1 aliphatic heterocycles. The zero-order chi connectivity index (χ0) is 13.8. The van der Waals surface area contributed by atoms with Crippen molar-refractivity contribution < 1.29 is 4.79 Å². The molecule has 2 rings (SSSR count). The van der Waals surface area contributed by atoms with Gasteiger partial charge in [-0.15, -0.1) is 0 Å². The topological polar surface area (TPSA) is 41.1 Å². The lowest BCUT2D eigenvalue weighted by Crippen LogP contribution is -2.38. The molecule has 104 valence electrons. The van der Waals surface area contributed by atoms with Gasteiger partial charge in [0.1, 0.15) is 0 Å². The highest BCUT2D eigenvalue weighted by Gasteiger charge is 2.30. The molecule has 1 fully saturated rings. The van der Waals surface area contributed by atoms with Crippen LogP contribution in [0.25, 0.3) is 0 Å². The Morgan fingerprint density at radius 3 is 2.63 bits per heavy atom. The lowest BCUT2D eigenvalue weighted by molar-refractivity contribution is -0.125. The summed E-state index contributed by atoms with van der Waals surface area (Å²) in [5, 5.41) is 6.52. The molecular weight excluding hydrogens is 236 g/mol. The number of aryl methyl sites for hydroxylation is 1. The number of hydrogen-bond acceptors (Lipinski definition) is 2. The average Bonchev–Trinajstić information content (AvgIpc) is 2.83. The maximum Gasteiger partial charge on any atom is 0.225 e. The van der Waals surface area contributed by atoms with Gasteiger partial charge in [-0.05, 0) is 38.8 Å². The van der Waals surface area contributed by atoms with Crippen LogP contribution in [-0.2, 0) is 4.79 Å². The summed E-state index contributed by atoms with van der Waals surface area (Å²) in [6.07, 6.45) is 1.86. The van der Waals surface area contributed by atoms with Crippen molar-refractivity contribution in [1.82, 2.24) is 10.6 Å². The first-order valence-electron chi connectivity index (χ1n) is 7.22. The van der Waals surface area contributed by atoms with Crippen LogP contribution in [0, 0.1) is 12.8 Å². The van der Waals surface area contributed by atoms with Crippen LogP contribution in [0.1, 0.15) is 43.9 Å². The Bertz CT molecular complexity index is 427. The van der Waals surface area contributed by atoms with Crippen molar-refractivity contribution in [3.8, 4) is 0 Å². The van der Waals surface area contributed by atoms with Crippen LogP contribution in [0.2, 0.25) is 0 Å². The molecule has 0 radical (unpaired) electrons. The van der Waals surface area contributed by atoms with Gasteiger partial charge in [0.15, 0.2) is 0 Å². The van der Waals surface area contributed by atoms with Crippen molar-refractivity contribution in [3.05, 3.63) is 35.4 Å². The van der Waals surface area contributed by atoms with Gasteiger partial charge >= 0.3 is 0 Å². The van der Waals surface area contributed by atoms with Gasteiger partial charge in [-0.25, -0.2) is 0 Å². The van der Waals surface area contributed by atoms with Crippen molar-refractivity contribution in [2.24, 2.45) is 5.92 Å². The van der Waals surface area contributed by atoms with E-state index >= 15 is 0 Å². The summed E-state index contributed by atoms with van der Waals surface area (Å²) in [5.74, 6) is 0.296. The molecule has 1 saturated heterocycles. The Balaban J connectivity index is 2.02. The van der Waals surface area contributed by atoms with E-state index in [2.05, 4.69) is 55.7 Å². The molecule has 3 atom stereocenters. The van der Waals surface area contributed by atoms with Crippen LogP contribution in [-0.4, -0.2) is 18.5 Å². The van der Waals surface area contributed by atoms with Crippen LogP contribution < -0.4 is 10.6 Å². The summed E-state index contributed by atoms with van der Waals surface area (Å²) < 4.78 is 0. The molecule has 1 heterocycles. The van der Waals surface area contributed by atoms with E-state index in [1.165, 1.54) is 11.1 Å². The summed E-state index contributed by atoms with van der Waals surface area (Å²) in [5.41, 5.74) is 2.44. The van der Waals surface area contributed by atoms with E-state index in [4.69, 9.17) is 0 Å². The fourth-order valence-corrected chi connectivity index (χ4v) is 2.72. The molecule has 3 nitrogen and oxygen atoms in total. The lowest BCUT2D eigenvalue weighted by atomic mass is 9.98. The van der Waals surface area contributed by atoms with E-state index in [1.807, 2.05) is 0 Å². The van der Waals surface area contributed by atoms with Gasteiger partial charge in [0, 0.05) is 6.04 Å². The molecule has 0 bridgehead atoms. The smallest absolute Gasteiger partial charge is 0.225 e. The van der Waals surface area contributed by atoms with Gasteiger partial charge in [-0.3, -0.25) is 4.79 Å². The third-order valence-electron chi connectivity index (χ3n) is 4.07. The Morgan fingerprint density at radius 2 is 2.11 bits per heavy atom. The van der Waals surface area contributed by atoms with Crippen LogP contribution >= 0.6 is 0 Å². The van der Waals surface area contributed by atoms with E-state index in [0.717, 1.165) is 19.4 Å². The Morgan fingerprint density at radius 1 is 1.42 bits per heavy atom. The van der Waals surface area contributed by atoms with Crippen molar-refractivity contribution in [1.29, 1.82) is 0 Å². The molecule has 0 aromatic heterocycles. The van der Waals surface area contributed by atoms with Gasteiger partial charge in [0.05, 0.1) is 12.0 Å². The maximum absolute atomic E-state index is 12.3. The predicted molar refractivity (Wildman–Crippen MR) is 77.9 cm³/mol. The zero-order valence-corrected chi connectivity index (χ0v) is 12.1. The minimum Gasteiger partial charge on any atom is -0.349 e. The molecule has 19 heavy (non-hydrogen) atoms. The number of carbonyl (C=O) groups is 1. The van der Waals surface area contributed by atoms with E-state index in [-0.39, 0.29) is 23.9 Å². The van der Waals surface area contributed by atoms with Gasteiger partial charge in [0.25, 0.3) is 0 Å². The third kappa shape index (κ3) is 3.35. The SMILES string of the molecule is CCC(NC(=O)C1CCNC1C)c1ccc(C)cc1. The normalized spacial score (nSPS) is 24.2. The number of carbonyl (C=O) groups excluding carboxylic acids is 1. The van der Waals surface area contributed by atoms with E-state index in [0.29, 0.717) is 0 Å². The number of hydrogen-bond donors (Lipinski definition) is 2. The van der Waals surface area contributed by atoms with Gasteiger partial charge in [-0.2, -0.15) is 0 Å². The van der Waals surface area contributed by atoms with Crippen LogP contribution in [0.15, 0.2) is 24.3 Å². The Hall–Kier alpha value is -1.35. The summed E-state index contributed by atoms with van der Waals surface area (Å²) in [6, 6.07) is 8.84. The summed E-state index contributed by atoms with van der Waals surface area (Å²) in [7, 11) is 0. The van der Waals surface area contributed by atoms with Crippen molar-refractivity contribution in [3.63, 3.8) is 0 Å². The molecule has 3 heteroatoms. The largest absolute Gasteiger partial charge is 0.349 e. The molecule has 2 N–H and O–H groups in total. The monoisotopic (exact) mass is 260 g/mol. The number of rotatable bonds is 4. The highest BCUT2D eigenvalue weighted by molar-refractivity contribution is 5.80. The fraction of sp³-hybridized carbons (Fsp3) is 0.562. The second-order valence-corrected chi connectivity index (χ2v) is 5.52. The molecular formula is C16H24N2O. The number of benzene rings is 1. The van der Waals surface area contributed by atoms with Gasteiger partial charge < -0.3 is 10.6 Å². The highest BCUT2D eigenvalue weighted by atomic mass is 16.2. The summed E-state index contributed by atoms with van der Waals surface area (Å²) >= 11 is 0. The first-order valence-corrected chi connectivity index (χ1v) is 7.22. The molecule has 1 aromatic rings. The second kappa shape index (κ2) is 6.20. The number of amides is 1. The molecule has 1 aliphatic rings. The Labute approximate surface area is 115 Å². The molecule has 3 unspecified atom stereocenters. The summed E-state index contributed by atoms with van der Waals surface area (Å²) in [6.45, 7) is 7.22. The predicted octanol–water partition coefficient (Wildman–Crippen LogP) is 2.56. The van der Waals surface area contributed by atoms with E-state index in [9.17, 15) is 4.79 Å². The summed E-state index contributed by atoms with van der Waals surface area (Å²) in [4.78, 5) is 12.3. The maximum atomic E-state index is 12.3. The van der Waals surface area contributed by atoms with E-state index < -0.39 is 0 Å². The standard InChI is InChI=1S/C16H24N2O/c1-4-15(13-7-5-11(2)6-8-13)18-16(19)14-9-10-17-12(14)3/h5-8,12,14-15,17H,4,9-10H2,1-3H3,(H,18,19). The van der Waals surface area contributed by atoms with Gasteiger partial charge in [0.2, 0.25) is 5.91 Å². The number of nitrogens with one attached hydrogen (secondary N) is 2. The minimum atomic E-state index is 0.111. The van der Waals surface area contributed by atoms with Crippen molar-refractivity contribution in [2.75, 3.05) is 6.54 Å². The first kappa shape index (κ1) is 14.1. The lowest BCUT2D eigenvalue weighted by Gasteiger charge is -2.22. The van der Waals surface area contributed by atoms with Crippen LogP contribution in [0.5, 0.6) is 0 Å². The second-order valence-electron chi connectivity index (χ2n) is 5.52. The fourth-order valence-electron chi connectivity index (χ4n) is 2.72. The zero-order valence-electron chi connectivity index (χ0n) is 12.1. The highest BCUT2D eigenvalue weighted by Crippen LogP contribution is 2.21. The molecule has 0 spiro atoms. The van der Waals surface area contributed by atoms with Crippen LogP contribution in [0.3, 0.4) is 0 Å². The van der Waals surface area contributed by atoms with E-state index in [1.54, 1.807) is 0 Å². The molecule has 1 aromatic carbocycles. The third-order valence-corrected chi connectivity index (χ3v) is 4.07. The van der Waals surface area contributed by atoms with Crippen LogP contribution in [0.4, 0.5) is 0 Å².